The molecule has 0 radical (unpaired) electrons. The van der Waals surface area contributed by atoms with Crippen molar-refractivity contribution in [2.24, 2.45) is 0 Å². The third-order valence-electron chi connectivity index (χ3n) is 4.17. The van der Waals surface area contributed by atoms with Gasteiger partial charge in [0.15, 0.2) is 0 Å². The number of halogens is 2. The molecule has 0 spiro atoms. The summed E-state index contributed by atoms with van der Waals surface area (Å²) < 4.78 is 0. The maximum Gasteiger partial charge on any atom is 0.251 e. The van der Waals surface area contributed by atoms with E-state index in [0.29, 0.717) is 28.6 Å². The lowest BCUT2D eigenvalue weighted by Crippen LogP contribution is -2.44. The highest BCUT2D eigenvalue weighted by Gasteiger charge is 2.31. The summed E-state index contributed by atoms with van der Waals surface area (Å²) in [4.78, 5) is 12.4. The van der Waals surface area contributed by atoms with Crippen LogP contribution in [0.1, 0.15) is 16.8 Å². The molecule has 6 heteroatoms. The fourth-order valence-corrected chi connectivity index (χ4v) is 3.30. The topological polar surface area (TPSA) is 61.4 Å². The maximum atomic E-state index is 12.4. The number of nitrogens with one attached hydrogen (secondary N) is 2. The van der Waals surface area contributed by atoms with Gasteiger partial charge in [0.2, 0.25) is 0 Å². The van der Waals surface area contributed by atoms with Crippen molar-refractivity contribution in [3.05, 3.63) is 58.1 Å². The predicted octanol–water partition coefficient (Wildman–Crippen LogP) is 3.11. The lowest BCUT2D eigenvalue weighted by molar-refractivity contribution is 0.0562. The van der Waals surface area contributed by atoms with Crippen LogP contribution in [0.15, 0.2) is 42.5 Å². The highest BCUT2D eigenvalue weighted by molar-refractivity contribution is 6.36. The normalized spacial score (nSPS) is 20.1. The van der Waals surface area contributed by atoms with Crippen LogP contribution >= 0.6 is 23.2 Å². The van der Waals surface area contributed by atoms with E-state index >= 15 is 0 Å². The van der Waals surface area contributed by atoms with Crippen molar-refractivity contribution in [3.8, 4) is 11.1 Å². The Labute approximate surface area is 150 Å². The van der Waals surface area contributed by atoms with Gasteiger partial charge in [-0.2, -0.15) is 0 Å². The molecule has 0 bridgehead atoms. The molecule has 4 nitrogen and oxygen atoms in total. The van der Waals surface area contributed by atoms with E-state index in [1.807, 2.05) is 12.1 Å². The van der Waals surface area contributed by atoms with Crippen LogP contribution < -0.4 is 10.6 Å². The molecule has 126 valence electrons. The van der Waals surface area contributed by atoms with Crippen molar-refractivity contribution in [3.63, 3.8) is 0 Å². The Morgan fingerprint density at radius 3 is 2.79 bits per heavy atom. The van der Waals surface area contributed by atoms with Gasteiger partial charge in [0.1, 0.15) is 0 Å². The Bertz CT molecular complexity index is 758. The van der Waals surface area contributed by atoms with Gasteiger partial charge in [0.25, 0.3) is 5.91 Å². The zero-order valence-electron chi connectivity index (χ0n) is 13.0. The minimum Gasteiger partial charge on any atom is -0.387 e. The van der Waals surface area contributed by atoms with E-state index in [-0.39, 0.29) is 12.5 Å². The zero-order chi connectivity index (χ0) is 17.2. The minimum atomic E-state index is -0.868. The highest BCUT2D eigenvalue weighted by atomic mass is 35.5. The number of benzene rings is 2. The Kier molecular flexibility index (Phi) is 5.11. The molecule has 0 aromatic heterocycles. The summed E-state index contributed by atoms with van der Waals surface area (Å²) in [6.45, 7) is 1.48. The van der Waals surface area contributed by atoms with Crippen molar-refractivity contribution in [2.45, 2.75) is 12.0 Å². The van der Waals surface area contributed by atoms with E-state index in [9.17, 15) is 9.90 Å². The molecule has 1 saturated heterocycles. The molecule has 1 amide bonds. The number of β-amino-alcohol motifs (C(OH)–C–C–N with tert-alkyl or cyclic N) is 1. The molecule has 3 rings (SSSR count). The third kappa shape index (κ3) is 3.90. The molecule has 24 heavy (non-hydrogen) atoms. The molecule has 2 aromatic rings. The molecule has 1 fully saturated rings. The second-order valence-electron chi connectivity index (χ2n) is 6.04. The van der Waals surface area contributed by atoms with Crippen molar-refractivity contribution in [2.75, 3.05) is 19.6 Å². The molecule has 1 heterocycles. The molecular weight excluding hydrogens is 347 g/mol. The first kappa shape index (κ1) is 17.2. The van der Waals surface area contributed by atoms with E-state index in [4.69, 9.17) is 23.2 Å². The summed E-state index contributed by atoms with van der Waals surface area (Å²) in [7, 11) is 0. The van der Waals surface area contributed by atoms with Gasteiger partial charge in [-0.15, -0.1) is 0 Å². The van der Waals surface area contributed by atoms with Crippen LogP contribution in [0.3, 0.4) is 0 Å². The number of rotatable bonds is 4. The van der Waals surface area contributed by atoms with E-state index in [0.717, 1.165) is 17.7 Å². The third-order valence-corrected chi connectivity index (χ3v) is 4.71. The summed E-state index contributed by atoms with van der Waals surface area (Å²) >= 11 is 12.2. The molecule has 0 aliphatic carbocycles. The predicted molar refractivity (Wildman–Crippen MR) is 96.7 cm³/mol. The molecule has 1 aliphatic heterocycles. The first-order chi connectivity index (χ1) is 11.5. The lowest BCUT2D eigenvalue weighted by atomic mass is 10.0. The van der Waals surface area contributed by atoms with Gasteiger partial charge < -0.3 is 15.7 Å². The number of hydrogen-bond acceptors (Lipinski definition) is 3. The number of hydrogen-bond donors (Lipinski definition) is 3. The molecule has 0 saturated carbocycles. The number of carbonyl (C=O) groups excluding carboxylic acids is 1. The standard InChI is InChI=1S/C18H18Cl2N2O2/c19-14-4-5-15(16(20)9-14)12-2-1-3-13(8-12)17(23)22-11-18(24)6-7-21-10-18/h1-5,8-9,21,24H,6-7,10-11H2,(H,22,23)/t18-/m0/s1. The molecular formula is C18H18Cl2N2O2. The van der Waals surface area contributed by atoms with E-state index < -0.39 is 5.60 Å². The average Bonchev–Trinajstić information content (AvgIpc) is 3.00. The Balaban J connectivity index is 1.76. The number of aliphatic hydroxyl groups is 1. The fourth-order valence-electron chi connectivity index (χ4n) is 2.78. The van der Waals surface area contributed by atoms with Crippen molar-refractivity contribution in [1.29, 1.82) is 0 Å². The highest BCUT2D eigenvalue weighted by Crippen LogP contribution is 2.30. The fraction of sp³-hybridized carbons (Fsp3) is 0.278. The number of amides is 1. The van der Waals surface area contributed by atoms with Gasteiger partial charge in [0.05, 0.1) is 5.60 Å². The summed E-state index contributed by atoms with van der Waals surface area (Å²) in [6, 6.07) is 12.5. The molecule has 3 N–H and O–H groups in total. The summed E-state index contributed by atoms with van der Waals surface area (Å²) in [5, 5.41) is 17.3. The SMILES string of the molecule is O=C(NC[C@]1(O)CCNC1)c1cccc(-c2ccc(Cl)cc2Cl)c1. The summed E-state index contributed by atoms with van der Waals surface area (Å²) in [5.41, 5.74) is 1.31. The Hall–Kier alpha value is -1.59. The largest absolute Gasteiger partial charge is 0.387 e. The lowest BCUT2D eigenvalue weighted by Gasteiger charge is -2.21. The second kappa shape index (κ2) is 7.11. The molecule has 0 unspecified atom stereocenters. The van der Waals surface area contributed by atoms with Crippen LogP contribution in [0.2, 0.25) is 10.0 Å². The Morgan fingerprint density at radius 2 is 2.08 bits per heavy atom. The quantitative estimate of drug-likeness (QED) is 0.780. The van der Waals surface area contributed by atoms with E-state index in [1.54, 1.807) is 30.3 Å². The smallest absolute Gasteiger partial charge is 0.251 e. The van der Waals surface area contributed by atoms with Crippen LogP contribution in [-0.2, 0) is 0 Å². The van der Waals surface area contributed by atoms with Crippen molar-refractivity contribution >= 4 is 29.1 Å². The Morgan fingerprint density at radius 1 is 1.25 bits per heavy atom. The van der Waals surface area contributed by atoms with Crippen LogP contribution in [-0.4, -0.2) is 36.2 Å². The van der Waals surface area contributed by atoms with Gasteiger partial charge in [-0.25, -0.2) is 0 Å². The van der Waals surface area contributed by atoms with Gasteiger partial charge in [-0.05, 0) is 42.8 Å². The summed E-state index contributed by atoms with van der Waals surface area (Å²) in [5.74, 6) is -0.220. The maximum absolute atomic E-state index is 12.4. The average molecular weight is 365 g/mol. The van der Waals surface area contributed by atoms with Crippen LogP contribution in [0.4, 0.5) is 0 Å². The summed E-state index contributed by atoms with van der Waals surface area (Å²) in [6.07, 6.45) is 0.633. The molecule has 2 aromatic carbocycles. The van der Waals surface area contributed by atoms with Crippen molar-refractivity contribution in [1.82, 2.24) is 10.6 Å². The second-order valence-corrected chi connectivity index (χ2v) is 6.88. The van der Waals surface area contributed by atoms with Crippen LogP contribution in [0, 0.1) is 0 Å². The van der Waals surface area contributed by atoms with Gasteiger partial charge >= 0.3 is 0 Å². The van der Waals surface area contributed by atoms with Crippen LogP contribution in [0.25, 0.3) is 11.1 Å². The zero-order valence-corrected chi connectivity index (χ0v) is 14.5. The minimum absolute atomic E-state index is 0.220. The first-order valence-electron chi connectivity index (χ1n) is 7.74. The van der Waals surface area contributed by atoms with Gasteiger partial charge in [-0.3, -0.25) is 4.79 Å². The molecule has 1 aliphatic rings. The number of carbonyl (C=O) groups is 1. The molecule has 1 atom stereocenters. The first-order valence-corrected chi connectivity index (χ1v) is 8.49. The van der Waals surface area contributed by atoms with Crippen LogP contribution in [0.5, 0.6) is 0 Å². The van der Waals surface area contributed by atoms with E-state index in [1.165, 1.54) is 0 Å². The monoisotopic (exact) mass is 364 g/mol. The van der Waals surface area contributed by atoms with E-state index in [2.05, 4.69) is 10.6 Å². The van der Waals surface area contributed by atoms with Gasteiger partial charge in [0, 0.05) is 34.3 Å². The van der Waals surface area contributed by atoms with Crippen molar-refractivity contribution < 1.29 is 9.90 Å². The van der Waals surface area contributed by atoms with Gasteiger partial charge in [-0.1, -0.05) is 41.4 Å².